The first-order valence-electron chi connectivity index (χ1n) is 34.8. The number of rotatable bonds is 61. The Kier molecular flexibility index (Phi) is 56.6. The van der Waals surface area contributed by atoms with E-state index in [1.54, 1.807) is 6.08 Å². The molecule has 1 fully saturated rings. The lowest BCUT2D eigenvalue weighted by Crippen LogP contribution is -2.60. The van der Waals surface area contributed by atoms with E-state index in [9.17, 15) is 35.1 Å². The van der Waals surface area contributed by atoms with Crippen molar-refractivity contribution in [3.63, 3.8) is 0 Å². The van der Waals surface area contributed by atoms with Crippen LogP contribution in [0.5, 0.6) is 0 Å². The summed E-state index contributed by atoms with van der Waals surface area (Å²) in [4.78, 5) is 25.1. The molecule has 1 aliphatic rings. The van der Waals surface area contributed by atoms with Crippen LogP contribution in [0.4, 0.5) is 0 Å². The average Bonchev–Trinajstić information content (AvgIpc) is 3.50. The predicted octanol–water partition coefficient (Wildman–Crippen LogP) is 17.4. The van der Waals surface area contributed by atoms with Gasteiger partial charge in [0.1, 0.15) is 24.4 Å². The Morgan fingerprint density at radius 2 is 0.827 bits per heavy atom. The number of carbonyl (C=O) groups is 2. The molecule has 1 rings (SSSR count). The van der Waals surface area contributed by atoms with E-state index in [4.69, 9.17) is 14.2 Å². The molecule has 0 aromatic heterocycles. The highest BCUT2D eigenvalue weighted by Gasteiger charge is 2.44. The number of hydrogen-bond acceptors (Lipinski definition) is 10. The van der Waals surface area contributed by atoms with Crippen molar-refractivity contribution in [2.24, 2.45) is 0 Å². The van der Waals surface area contributed by atoms with Crippen LogP contribution in [-0.2, 0) is 23.8 Å². The number of aliphatic hydroxyl groups is 5. The summed E-state index contributed by atoms with van der Waals surface area (Å²) in [5.74, 6) is -0.182. The van der Waals surface area contributed by atoms with Gasteiger partial charge in [-0.3, -0.25) is 9.59 Å². The lowest BCUT2D eigenvalue weighted by Gasteiger charge is -2.40. The summed E-state index contributed by atoms with van der Waals surface area (Å²) in [6.07, 6.45) is 65.4. The SMILES string of the molecule is CCCCCCCCCCCCCCC/C=C/C(O)C(COC1OC(CO)C(O)C(O)C1O)NC(=O)CCCCCCCCCCCCC/C=C\C/C=C\CCCCCCCCCCCOC(=O)CCCCCCCCCCCCC. The lowest BCUT2D eigenvalue weighted by molar-refractivity contribution is -0.302. The highest BCUT2D eigenvalue weighted by atomic mass is 16.7. The standard InChI is InChI=1S/C70H131NO10/c1-3-5-7-9-11-13-15-16-30-33-37-40-44-48-52-56-63(73)62(61-80-70-69(78)68(77)67(76)64(60-72)81-70)71-65(74)57-53-49-45-41-38-34-31-28-26-24-22-20-18-17-19-21-23-25-27-29-32-35-39-43-47-51-55-59-79-66(75)58-54-50-46-42-36-14-12-10-8-6-4-2/h17-18,21,23,52,56,62-64,67-70,72-73,76-78H,3-16,19-20,22,24-51,53-55,57-61H2,1-2H3,(H,71,74)/b18-17-,23-21-,56-52+. The molecule has 0 aliphatic carbocycles. The van der Waals surface area contributed by atoms with Crippen LogP contribution in [0.1, 0.15) is 335 Å². The summed E-state index contributed by atoms with van der Waals surface area (Å²) in [6, 6.07) is -0.813. The van der Waals surface area contributed by atoms with Gasteiger partial charge in [-0.15, -0.1) is 0 Å². The van der Waals surface area contributed by atoms with E-state index in [-0.39, 0.29) is 18.5 Å². The molecule has 81 heavy (non-hydrogen) atoms. The van der Waals surface area contributed by atoms with E-state index in [1.165, 1.54) is 244 Å². The van der Waals surface area contributed by atoms with E-state index in [1.807, 2.05) is 6.08 Å². The van der Waals surface area contributed by atoms with Crippen LogP contribution in [0.25, 0.3) is 0 Å². The van der Waals surface area contributed by atoms with E-state index in [0.29, 0.717) is 19.4 Å². The Hall–Kier alpha value is -2.12. The molecule has 0 saturated carbocycles. The van der Waals surface area contributed by atoms with Crippen molar-refractivity contribution in [1.29, 1.82) is 0 Å². The quantitative estimate of drug-likeness (QED) is 0.0195. The second kappa shape index (κ2) is 59.6. The van der Waals surface area contributed by atoms with Crippen molar-refractivity contribution in [2.45, 2.75) is 378 Å². The zero-order chi connectivity index (χ0) is 58.7. The van der Waals surface area contributed by atoms with E-state index >= 15 is 0 Å². The first-order chi connectivity index (χ1) is 39.7. The molecule has 11 heteroatoms. The fourth-order valence-electron chi connectivity index (χ4n) is 11.0. The molecule has 0 aromatic rings. The third-order valence-electron chi connectivity index (χ3n) is 16.5. The molecule has 7 unspecified atom stereocenters. The fraction of sp³-hybridized carbons (Fsp3) is 0.886. The fourth-order valence-corrected chi connectivity index (χ4v) is 11.0. The number of aliphatic hydroxyl groups excluding tert-OH is 5. The molecular formula is C70H131NO10. The number of esters is 1. The lowest BCUT2D eigenvalue weighted by atomic mass is 9.99. The van der Waals surface area contributed by atoms with E-state index in [0.717, 1.165) is 64.2 Å². The summed E-state index contributed by atoms with van der Waals surface area (Å²) >= 11 is 0. The number of allylic oxidation sites excluding steroid dienone is 5. The maximum atomic E-state index is 13.1. The summed E-state index contributed by atoms with van der Waals surface area (Å²) in [5.41, 5.74) is 0. The van der Waals surface area contributed by atoms with Gasteiger partial charge in [-0.1, -0.05) is 294 Å². The van der Waals surface area contributed by atoms with Gasteiger partial charge in [0.25, 0.3) is 0 Å². The van der Waals surface area contributed by atoms with Crippen LogP contribution in [-0.4, -0.2) is 100 Å². The van der Waals surface area contributed by atoms with Crippen LogP contribution in [0.15, 0.2) is 36.5 Å². The zero-order valence-corrected chi connectivity index (χ0v) is 52.8. The molecule has 0 bridgehead atoms. The van der Waals surface area contributed by atoms with Gasteiger partial charge in [0.05, 0.1) is 32.0 Å². The first-order valence-corrected chi connectivity index (χ1v) is 34.8. The van der Waals surface area contributed by atoms with Crippen molar-refractivity contribution >= 4 is 11.9 Å². The van der Waals surface area contributed by atoms with Gasteiger partial charge in [0.2, 0.25) is 5.91 Å². The van der Waals surface area contributed by atoms with Crippen molar-refractivity contribution in [3.8, 4) is 0 Å². The van der Waals surface area contributed by atoms with Crippen molar-refractivity contribution in [3.05, 3.63) is 36.5 Å². The average molecular weight is 1150 g/mol. The highest BCUT2D eigenvalue weighted by molar-refractivity contribution is 5.76. The first kappa shape index (κ1) is 76.9. The zero-order valence-electron chi connectivity index (χ0n) is 52.8. The Morgan fingerprint density at radius 1 is 0.457 bits per heavy atom. The second-order valence-corrected chi connectivity index (χ2v) is 24.2. The van der Waals surface area contributed by atoms with Gasteiger partial charge >= 0.3 is 5.97 Å². The van der Waals surface area contributed by atoms with Gasteiger partial charge < -0.3 is 45.1 Å². The van der Waals surface area contributed by atoms with Crippen molar-refractivity contribution in [1.82, 2.24) is 5.32 Å². The van der Waals surface area contributed by atoms with Crippen LogP contribution in [0.3, 0.4) is 0 Å². The third-order valence-corrected chi connectivity index (χ3v) is 16.5. The summed E-state index contributed by atoms with van der Waals surface area (Å²) in [7, 11) is 0. The molecule has 0 aromatic carbocycles. The smallest absolute Gasteiger partial charge is 0.305 e. The molecule has 1 saturated heterocycles. The van der Waals surface area contributed by atoms with Gasteiger partial charge in [0.15, 0.2) is 6.29 Å². The minimum absolute atomic E-state index is 0.00104. The molecule has 7 atom stereocenters. The van der Waals surface area contributed by atoms with E-state index < -0.39 is 49.5 Å². The number of ether oxygens (including phenoxy) is 3. The summed E-state index contributed by atoms with van der Waals surface area (Å²) in [5, 5.41) is 54.6. The summed E-state index contributed by atoms with van der Waals surface area (Å²) < 4.78 is 16.7. The van der Waals surface area contributed by atoms with Crippen molar-refractivity contribution < 1.29 is 49.3 Å². The summed E-state index contributed by atoms with van der Waals surface area (Å²) in [6.45, 7) is 4.37. The van der Waals surface area contributed by atoms with Crippen LogP contribution < -0.4 is 5.32 Å². The van der Waals surface area contributed by atoms with Gasteiger partial charge in [-0.05, 0) is 64.2 Å². The molecule has 6 N–H and O–H groups in total. The Bertz CT molecular complexity index is 1440. The molecule has 1 aliphatic heterocycles. The Labute approximate surface area is 498 Å². The number of hydrogen-bond donors (Lipinski definition) is 6. The Morgan fingerprint density at radius 3 is 1.25 bits per heavy atom. The van der Waals surface area contributed by atoms with Crippen LogP contribution in [0.2, 0.25) is 0 Å². The maximum Gasteiger partial charge on any atom is 0.305 e. The minimum atomic E-state index is -1.57. The largest absolute Gasteiger partial charge is 0.466 e. The van der Waals surface area contributed by atoms with E-state index in [2.05, 4.69) is 43.5 Å². The second-order valence-electron chi connectivity index (χ2n) is 24.2. The molecule has 0 radical (unpaired) electrons. The predicted molar refractivity (Wildman–Crippen MR) is 338 cm³/mol. The molecule has 11 nitrogen and oxygen atoms in total. The number of carbonyl (C=O) groups excluding carboxylic acids is 2. The minimum Gasteiger partial charge on any atom is -0.466 e. The van der Waals surface area contributed by atoms with Gasteiger partial charge in [0, 0.05) is 12.8 Å². The topological polar surface area (TPSA) is 175 Å². The maximum absolute atomic E-state index is 13.1. The van der Waals surface area contributed by atoms with Crippen LogP contribution >= 0.6 is 0 Å². The normalized spacial score (nSPS) is 18.4. The van der Waals surface area contributed by atoms with Gasteiger partial charge in [-0.25, -0.2) is 0 Å². The van der Waals surface area contributed by atoms with Crippen molar-refractivity contribution in [2.75, 3.05) is 19.8 Å². The van der Waals surface area contributed by atoms with Gasteiger partial charge in [-0.2, -0.15) is 0 Å². The number of nitrogens with one attached hydrogen (secondary N) is 1. The number of unbranched alkanes of at least 4 members (excludes halogenated alkanes) is 43. The molecule has 1 amide bonds. The molecule has 1 heterocycles. The monoisotopic (exact) mass is 1150 g/mol. The van der Waals surface area contributed by atoms with Crippen LogP contribution in [0, 0.1) is 0 Å². The Balaban J connectivity index is 2.04. The highest BCUT2D eigenvalue weighted by Crippen LogP contribution is 2.23. The molecule has 0 spiro atoms. The molecule has 476 valence electrons. The third kappa shape index (κ3) is 48.8. The molecular weight excluding hydrogens is 1010 g/mol. The number of amides is 1.